The molecule has 1 aromatic rings. The molecule has 4 rings (SSSR count). The summed E-state index contributed by atoms with van der Waals surface area (Å²) in [5.74, 6) is 2.42. The van der Waals surface area contributed by atoms with Crippen molar-refractivity contribution >= 4 is 5.97 Å². The Morgan fingerprint density at radius 2 is 2.33 bits per heavy atom. The maximum absolute atomic E-state index is 12.2. The van der Waals surface area contributed by atoms with Crippen LogP contribution in [-0.2, 0) is 16.1 Å². The van der Waals surface area contributed by atoms with E-state index in [-0.39, 0.29) is 11.4 Å². The minimum atomic E-state index is -0.298. The van der Waals surface area contributed by atoms with Crippen molar-refractivity contribution in [3.8, 4) is 0 Å². The maximum Gasteiger partial charge on any atom is 0.313 e. The van der Waals surface area contributed by atoms with Crippen LogP contribution >= 0.6 is 0 Å². The van der Waals surface area contributed by atoms with E-state index in [0.29, 0.717) is 24.3 Å². The van der Waals surface area contributed by atoms with E-state index < -0.39 is 0 Å². The number of fused-ring (bicyclic) bond motifs is 1. The monoisotopic (exact) mass is 291 g/mol. The standard InChI is InChI=1S/C15H21N3O3/c1-20-14(19)15-6-2-3-11(15)7-18(9-15)8-12-16-13(17-21-12)10-4-5-10/h10-11H,2-9H2,1H3/t11-,15-/m0/s1. The number of nitrogens with zero attached hydrogens (tertiary/aromatic N) is 3. The molecule has 0 spiro atoms. The van der Waals surface area contributed by atoms with Crippen molar-refractivity contribution < 1.29 is 14.1 Å². The van der Waals surface area contributed by atoms with Crippen molar-refractivity contribution in [2.24, 2.45) is 11.3 Å². The van der Waals surface area contributed by atoms with E-state index in [0.717, 1.165) is 38.2 Å². The van der Waals surface area contributed by atoms with Gasteiger partial charge in [0.05, 0.1) is 19.1 Å². The van der Waals surface area contributed by atoms with Crippen LogP contribution in [0.3, 0.4) is 0 Å². The average Bonchev–Trinajstić information content (AvgIpc) is 2.93. The fourth-order valence-electron chi connectivity index (χ4n) is 4.08. The lowest BCUT2D eigenvalue weighted by Crippen LogP contribution is -2.36. The number of carbonyl (C=O) groups excluding carboxylic acids is 1. The van der Waals surface area contributed by atoms with E-state index in [9.17, 15) is 4.79 Å². The van der Waals surface area contributed by atoms with E-state index in [1.165, 1.54) is 20.0 Å². The molecule has 114 valence electrons. The van der Waals surface area contributed by atoms with Crippen LogP contribution in [0.2, 0.25) is 0 Å². The molecular formula is C15H21N3O3. The van der Waals surface area contributed by atoms with Gasteiger partial charge in [-0.2, -0.15) is 4.98 Å². The molecule has 1 aromatic heterocycles. The third-order valence-corrected chi connectivity index (χ3v) is 5.32. The summed E-state index contributed by atoms with van der Waals surface area (Å²) in [6, 6.07) is 0. The molecule has 1 aliphatic heterocycles. The summed E-state index contributed by atoms with van der Waals surface area (Å²) in [4.78, 5) is 19.0. The number of aromatic nitrogens is 2. The summed E-state index contributed by atoms with van der Waals surface area (Å²) < 4.78 is 10.4. The highest BCUT2D eigenvalue weighted by Gasteiger charge is 2.55. The molecule has 1 saturated heterocycles. The number of hydrogen-bond donors (Lipinski definition) is 0. The number of carbonyl (C=O) groups is 1. The van der Waals surface area contributed by atoms with Gasteiger partial charge in [0.1, 0.15) is 0 Å². The van der Waals surface area contributed by atoms with Crippen LogP contribution in [0.1, 0.15) is 49.7 Å². The Kier molecular flexibility index (Phi) is 3.03. The summed E-state index contributed by atoms with van der Waals surface area (Å²) in [6.45, 7) is 2.33. The summed E-state index contributed by atoms with van der Waals surface area (Å²) >= 11 is 0. The van der Waals surface area contributed by atoms with Crippen molar-refractivity contribution in [3.05, 3.63) is 11.7 Å². The van der Waals surface area contributed by atoms with Crippen LogP contribution in [-0.4, -0.2) is 41.2 Å². The van der Waals surface area contributed by atoms with Gasteiger partial charge in [-0.05, 0) is 31.6 Å². The Bertz CT molecular complexity index is 554. The molecule has 0 unspecified atom stereocenters. The Labute approximate surface area is 123 Å². The second kappa shape index (κ2) is 4.80. The van der Waals surface area contributed by atoms with E-state index >= 15 is 0 Å². The fourth-order valence-corrected chi connectivity index (χ4v) is 4.08. The third-order valence-electron chi connectivity index (χ3n) is 5.32. The predicted molar refractivity (Wildman–Crippen MR) is 73.3 cm³/mol. The summed E-state index contributed by atoms with van der Waals surface area (Å²) in [6.07, 6.45) is 5.53. The summed E-state index contributed by atoms with van der Waals surface area (Å²) in [7, 11) is 1.50. The highest BCUT2D eigenvalue weighted by atomic mass is 16.5. The molecule has 0 amide bonds. The zero-order chi connectivity index (χ0) is 14.4. The van der Waals surface area contributed by atoms with Gasteiger partial charge in [0, 0.05) is 19.0 Å². The van der Waals surface area contributed by atoms with Crippen molar-refractivity contribution in [3.63, 3.8) is 0 Å². The predicted octanol–water partition coefficient (Wildman–Crippen LogP) is 1.72. The molecule has 0 radical (unpaired) electrons. The van der Waals surface area contributed by atoms with Gasteiger partial charge in [-0.25, -0.2) is 0 Å². The zero-order valence-electron chi connectivity index (χ0n) is 12.4. The maximum atomic E-state index is 12.2. The minimum Gasteiger partial charge on any atom is -0.469 e. The van der Waals surface area contributed by atoms with Gasteiger partial charge in [0.15, 0.2) is 5.82 Å². The van der Waals surface area contributed by atoms with Gasteiger partial charge < -0.3 is 9.26 Å². The molecular weight excluding hydrogens is 270 g/mol. The molecule has 2 aliphatic carbocycles. The van der Waals surface area contributed by atoms with Crippen LogP contribution in [0.5, 0.6) is 0 Å². The topological polar surface area (TPSA) is 68.5 Å². The molecule has 0 bridgehead atoms. The van der Waals surface area contributed by atoms with Gasteiger partial charge in [0.25, 0.3) is 0 Å². The Morgan fingerprint density at radius 3 is 3.10 bits per heavy atom. The van der Waals surface area contributed by atoms with Gasteiger partial charge in [-0.1, -0.05) is 11.6 Å². The normalized spacial score (nSPS) is 32.3. The minimum absolute atomic E-state index is 0.0447. The van der Waals surface area contributed by atoms with Crippen LogP contribution in [0.15, 0.2) is 4.52 Å². The highest BCUT2D eigenvalue weighted by molar-refractivity contribution is 5.78. The Balaban J connectivity index is 1.46. The van der Waals surface area contributed by atoms with Crippen molar-refractivity contribution in [2.75, 3.05) is 20.2 Å². The Hall–Kier alpha value is -1.43. The molecule has 2 heterocycles. The van der Waals surface area contributed by atoms with Crippen LogP contribution in [0.4, 0.5) is 0 Å². The van der Waals surface area contributed by atoms with Crippen molar-refractivity contribution in [1.29, 1.82) is 0 Å². The molecule has 0 aromatic carbocycles. The average molecular weight is 291 g/mol. The van der Waals surface area contributed by atoms with Crippen LogP contribution in [0, 0.1) is 11.3 Å². The van der Waals surface area contributed by atoms with E-state index in [1.54, 1.807) is 0 Å². The number of hydrogen-bond acceptors (Lipinski definition) is 6. The van der Waals surface area contributed by atoms with E-state index in [1.807, 2.05) is 0 Å². The number of methoxy groups -OCH3 is 1. The molecule has 6 heteroatoms. The summed E-state index contributed by atoms with van der Waals surface area (Å²) in [5, 5.41) is 4.06. The number of ether oxygens (including phenoxy) is 1. The first-order chi connectivity index (χ1) is 10.2. The van der Waals surface area contributed by atoms with Crippen LogP contribution in [0.25, 0.3) is 0 Å². The second-order valence-electron chi connectivity index (χ2n) is 6.73. The smallest absolute Gasteiger partial charge is 0.313 e. The molecule has 21 heavy (non-hydrogen) atoms. The molecule has 3 fully saturated rings. The quantitative estimate of drug-likeness (QED) is 0.787. The second-order valence-corrected chi connectivity index (χ2v) is 6.73. The third kappa shape index (κ3) is 2.16. The molecule has 6 nitrogen and oxygen atoms in total. The molecule has 2 atom stereocenters. The number of likely N-dealkylation sites (tertiary alicyclic amines) is 1. The molecule has 0 N–H and O–H groups in total. The number of esters is 1. The fraction of sp³-hybridized carbons (Fsp3) is 0.800. The van der Waals surface area contributed by atoms with Gasteiger partial charge in [-0.3, -0.25) is 9.69 Å². The van der Waals surface area contributed by atoms with E-state index in [2.05, 4.69) is 15.0 Å². The van der Waals surface area contributed by atoms with Crippen molar-refractivity contribution in [2.45, 2.75) is 44.6 Å². The lowest BCUT2D eigenvalue weighted by molar-refractivity contribution is -0.153. The van der Waals surface area contributed by atoms with E-state index in [4.69, 9.17) is 9.26 Å². The highest BCUT2D eigenvalue weighted by Crippen LogP contribution is 2.49. The first-order valence-corrected chi connectivity index (χ1v) is 7.84. The lowest BCUT2D eigenvalue weighted by Gasteiger charge is -2.25. The largest absolute Gasteiger partial charge is 0.469 e. The van der Waals surface area contributed by atoms with Gasteiger partial charge in [-0.15, -0.1) is 0 Å². The Morgan fingerprint density at radius 1 is 1.48 bits per heavy atom. The first-order valence-electron chi connectivity index (χ1n) is 7.84. The van der Waals surface area contributed by atoms with Crippen LogP contribution < -0.4 is 0 Å². The van der Waals surface area contributed by atoms with Gasteiger partial charge >= 0.3 is 5.97 Å². The number of rotatable bonds is 4. The van der Waals surface area contributed by atoms with Gasteiger partial charge in [0.2, 0.25) is 5.89 Å². The summed E-state index contributed by atoms with van der Waals surface area (Å²) in [5.41, 5.74) is -0.298. The zero-order valence-corrected chi connectivity index (χ0v) is 12.4. The first kappa shape index (κ1) is 13.2. The lowest BCUT2D eigenvalue weighted by atomic mass is 9.81. The SMILES string of the molecule is COC(=O)[C@]12CCC[C@H]1CN(Cc1nc(C3CC3)no1)C2. The molecule has 2 saturated carbocycles. The molecule has 3 aliphatic rings. The van der Waals surface area contributed by atoms with Crippen molar-refractivity contribution in [1.82, 2.24) is 15.0 Å².